The maximum Gasteiger partial charge on any atom is 0.228 e. The van der Waals surface area contributed by atoms with E-state index in [0.29, 0.717) is 13.2 Å². The summed E-state index contributed by atoms with van der Waals surface area (Å²) in [6.07, 6.45) is 5.41. The molecule has 2 N–H and O–H groups in total. The average molecular weight is 342 g/mol. The van der Waals surface area contributed by atoms with Crippen LogP contribution in [-0.4, -0.2) is 42.5 Å². The van der Waals surface area contributed by atoms with Crippen LogP contribution in [0.15, 0.2) is 42.7 Å². The van der Waals surface area contributed by atoms with Gasteiger partial charge in [0.15, 0.2) is 0 Å². The fraction of sp³-hybridized carbons (Fsp3) is 0.474. The Morgan fingerprint density at radius 3 is 2.76 bits per heavy atom. The molecule has 1 aromatic carbocycles. The quantitative estimate of drug-likeness (QED) is 0.801. The standard InChI is InChI=1S/C19H26N4O2/c1-25-15-19(7-9-20-10-8-19)18(24)21-11-17-12-22-23(14-17)13-16-5-3-2-4-6-16/h2-6,12,14,20H,7-11,13,15H2,1H3,(H,21,24). The highest BCUT2D eigenvalue weighted by Gasteiger charge is 2.39. The van der Waals surface area contributed by atoms with Crippen molar-refractivity contribution in [1.29, 1.82) is 0 Å². The van der Waals surface area contributed by atoms with E-state index in [1.807, 2.05) is 35.3 Å². The van der Waals surface area contributed by atoms with E-state index < -0.39 is 5.41 Å². The highest BCUT2D eigenvalue weighted by molar-refractivity contribution is 5.83. The molecule has 1 aliphatic rings. The maximum absolute atomic E-state index is 12.7. The zero-order chi connectivity index (χ0) is 17.5. The molecule has 6 heteroatoms. The number of amides is 1. The van der Waals surface area contributed by atoms with Crippen molar-refractivity contribution in [2.24, 2.45) is 5.41 Å². The number of nitrogens with zero attached hydrogens (tertiary/aromatic N) is 2. The smallest absolute Gasteiger partial charge is 0.228 e. The van der Waals surface area contributed by atoms with Gasteiger partial charge in [-0.25, -0.2) is 0 Å². The summed E-state index contributed by atoms with van der Waals surface area (Å²) in [6.45, 7) is 3.39. The number of nitrogens with one attached hydrogen (secondary N) is 2. The Balaban J connectivity index is 1.57. The molecular weight excluding hydrogens is 316 g/mol. The number of hydrogen-bond donors (Lipinski definition) is 2. The number of carbonyl (C=O) groups is 1. The lowest BCUT2D eigenvalue weighted by Crippen LogP contribution is -2.49. The van der Waals surface area contributed by atoms with E-state index in [0.717, 1.165) is 38.0 Å². The molecule has 0 saturated carbocycles. The number of methoxy groups -OCH3 is 1. The zero-order valence-corrected chi connectivity index (χ0v) is 14.7. The second-order valence-electron chi connectivity index (χ2n) is 6.68. The number of carbonyl (C=O) groups excluding carboxylic acids is 1. The molecule has 3 rings (SSSR count). The van der Waals surface area contributed by atoms with Crippen LogP contribution in [0.3, 0.4) is 0 Å². The Labute approximate surface area is 148 Å². The fourth-order valence-electron chi connectivity index (χ4n) is 3.34. The first kappa shape index (κ1) is 17.6. The van der Waals surface area contributed by atoms with Crippen LogP contribution in [0.5, 0.6) is 0 Å². The summed E-state index contributed by atoms with van der Waals surface area (Å²) in [6, 6.07) is 10.2. The molecule has 2 heterocycles. The number of piperidine rings is 1. The van der Waals surface area contributed by atoms with Crippen LogP contribution in [0, 0.1) is 5.41 Å². The molecule has 6 nitrogen and oxygen atoms in total. The third-order valence-corrected chi connectivity index (χ3v) is 4.79. The third-order valence-electron chi connectivity index (χ3n) is 4.79. The Bertz CT molecular complexity index is 672. The van der Waals surface area contributed by atoms with Gasteiger partial charge in [0.05, 0.1) is 24.8 Å². The van der Waals surface area contributed by atoms with Gasteiger partial charge in [0, 0.05) is 25.4 Å². The predicted molar refractivity (Wildman–Crippen MR) is 96.0 cm³/mol. The minimum absolute atomic E-state index is 0.0756. The molecule has 0 aliphatic carbocycles. The molecule has 1 aliphatic heterocycles. The molecule has 0 radical (unpaired) electrons. The van der Waals surface area contributed by atoms with Crippen molar-refractivity contribution in [3.05, 3.63) is 53.9 Å². The van der Waals surface area contributed by atoms with Crippen LogP contribution in [-0.2, 0) is 22.6 Å². The molecule has 0 spiro atoms. The van der Waals surface area contributed by atoms with Crippen molar-refractivity contribution in [2.75, 3.05) is 26.8 Å². The minimum atomic E-state index is -0.417. The SMILES string of the molecule is COCC1(C(=O)NCc2cnn(Cc3ccccc3)c2)CCNCC1. The Kier molecular flexibility index (Phi) is 5.83. The Hall–Kier alpha value is -2.18. The van der Waals surface area contributed by atoms with Crippen molar-refractivity contribution in [2.45, 2.75) is 25.9 Å². The molecule has 0 bridgehead atoms. The molecule has 25 heavy (non-hydrogen) atoms. The van der Waals surface area contributed by atoms with Gasteiger partial charge in [0.25, 0.3) is 0 Å². The van der Waals surface area contributed by atoms with Gasteiger partial charge in [0.2, 0.25) is 5.91 Å². The second-order valence-corrected chi connectivity index (χ2v) is 6.68. The predicted octanol–water partition coefficient (Wildman–Crippen LogP) is 1.56. The normalized spacial score (nSPS) is 16.5. The monoisotopic (exact) mass is 342 g/mol. The van der Waals surface area contributed by atoms with Gasteiger partial charge in [-0.2, -0.15) is 5.10 Å². The van der Waals surface area contributed by atoms with E-state index in [1.165, 1.54) is 5.56 Å². The largest absolute Gasteiger partial charge is 0.384 e. The third kappa shape index (κ3) is 4.46. The van der Waals surface area contributed by atoms with E-state index in [4.69, 9.17) is 4.74 Å². The van der Waals surface area contributed by atoms with Gasteiger partial charge in [0.1, 0.15) is 0 Å². The van der Waals surface area contributed by atoms with Crippen molar-refractivity contribution in [3.8, 4) is 0 Å². The van der Waals surface area contributed by atoms with E-state index in [-0.39, 0.29) is 5.91 Å². The van der Waals surface area contributed by atoms with Gasteiger partial charge in [-0.05, 0) is 31.5 Å². The lowest BCUT2D eigenvalue weighted by atomic mass is 9.78. The van der Waals surface area contributed by atoms with Gasteiger partial charge in [-0.1, -0.05) is 30.3 Å². The molecule has 1 saturated heterocycles. The molecule has 1 amide bonds. The summed E-state index contributed by atoms with van der Waals surface area (Å²) in [5.74, 6) is 0.0756. The summed E-state index contributed by atoms with van der Waals surface area (Å²) in [4.78, 5) is 12.7. The molecule has 134 valence electrons. The number of hydrogen-bond acceptors (Lipinski definition) is 4. The first-order valence-corrected chi connectivity index (χ1v) is 8.75. The number of rotatable bonds is 7. The van der Waals surface area contributed by atoms with Crippen LogP contribution < -0.4 is 10.6 Å². The lowest BCUT2D eigenvalue weighted by Gasteiger charge is -2.35. The van der Waals surface area contributed by atoms with Crippen LogP contribution >= 0.6 is 0 Å². The van der Waals surface area contributed by atoms with Crippen molar-refractivity contribution < 1.29 is 9.53 Å². The van der Waals surface area contributed by atoms with Gasteiger partial charge in [-0.3, -0.25) is 9.48 Å². The van der Waals surface area contributed by atoms with Gasteiger partial charge in [-0.15, -0.1) is 0 Å². The highest BCUT2D eigenvalue weighted by atomic mass is 16.5. The average Bonchev–Trinajstić information content (AvgIpc) is 3.09. The summed E-state index contributed by atoms with van der Waals surface area (Å²) < 4.78 is 7.22. The maximum atomic E-state index is 12.7. The second kappa shape index (κ2) is 8.27. The highest BCUT2D eigenvalue weighted by Crippen LogP contribution is 2.29. The van der Waals surface area contributed by atoms with Crippen molar-refractivity contribution >= 4 is 5.91 Å². The number of ether oxygens (including phenoxy) is 1. The molecule has 1 aromatic heterocycles. The van der Waals surface area contributed by atoms with Gasteiger partial charge >= 0.3 is 0 Å². The lowest BCUT2D eigenvalue weighted by molar-refractivity contribution is -0.136. The zero-order valence-electron chi connectivity index (χ0n) is 14.7. The van der Waals surface area contributed by atoms with Crippen LogP contribution in [0.4, 0.5) is 0 Å². The van der Waals surface area contributed by atoms with Crippen LogP contribution in [0.1, 0.15) is 24.0 Å². The number of aromatic nitrogens is 2. The first-order chi connectivity index (χ1) is 12.2. The van der Waals surface area contributed by atoms with E-state index in [2.05, 4.69) is 27.9 Å². The topological polar surface area (TPSA) is 68.2 Å². The minimum Gasteiger partial charge on any atom is -0.384 e. The first-order valence-electron chi connectivity index (χ1n) is 8.75. The van der Waals surface area contributed by atoms with E-state index in [9.17, 15) is 4.79 Å². The fourth-order valence-corrected chi connectivity index (χ4v) is 3.34. The van der Waals surface area contributed by atoms with Crippen LogP contribution in [0.25, 0.3) is 0 Å². The summed E-state index contributed by atoms with van der Waals surface area (Å²) in [7, 11) is 1.66. The summed E-state index contributed by atoms with van der Waals surface area (Å²) in [5.41, 5.74) is 1.79. The molecule has 2 aromatic rings. The van der Waals surface area contributed by atoms with Gasteiger partial charge < -0.3 is 15.4 Å². The molecule has 0 atom stereocenters. The van der Waals surface area contributed by atoms with Crippen molar-refractivity contribution in [3.63, 3.8) is 0 Å². The Morgan fingerprint density at radius 2 is 2.04 bits per heavy atom. The molecule has 0 unspecified atom stereocenters. The van der Waals surface area contributed by atoms with E-state index in [1.54, 1.807) is 7.11 Å². The summed E-state index contributed by atoms with van der Waals surface area (Å²) >= 11 is 0. The molecular formula is C19H26N4O2. The summed E-state index contributed by atoms with van der Waals surface area (Å²) in [5, 5.41) is 10.8. The van der Waals surface area contributed by atoms with Crippen molar-refractivity contribution in [1.82, 2.24) is 20.4 Å². The van der Waals surface area contributed by atoms with E-state index >= 15 is 0 Å². The number of benzene rings is 1. The Morgan fingerprint density at radius 1 is 1.28 bits per heavy atom. The van der Waals surface area contributed by atoms with Crippen LogP contribution in [0.2, 0.25) is 0 Å². The molecule has 1 fully saturated rings.